The summed E-state index contributed by atoms with van der Waals surface area (Å²) in [6.45, 7) is 3.46. The number of nitrogens with zero attached hydrogens (tertiary/aromatic N) is 3. The zero-order valence-corrected chi connectivity index (χ0v) is 18.2. The fourth-order valence-corrected chi connectivity index (χ4v) is 5.14. The van der Waals surface area contributed by atoms with Gasteiger partial charge in [0.05, 0.1) is 28.0 Å². The highest BCUT2D eigenvalue weighted by atomic mass is 32.1. The van der Waals surface area contributed by atoms with Crippen molar-refractivity contribution in [3.63, 3.8) is 0 Å². The van der Waals surface area contributed by atoms with E-state index in [0.717, 1.165) is 68.1 Å². The molecule has 0 unspecified atom stereocenters. The van der Waals surface area contributed by atoms with Gasteiger partial charge in [0.25, 0.3) is 0 Å². The Morgan fingerprint density at radius 3 is 2.88 bits per heavy atom. The minimum atomic E-state index is 0.0761. The number of carbonyl (C=O) groups is 1. The Balaban J connectivity index is 1.47. The predicted molar refractivity (Wildman–Crippen MR) is 128 cm³/mol. The fraction of sp³-hybridized carbons (Fsp3) is 0.167. The van der Waals surface area contributed by atoms with Gasteiger partial charge in [-0.25, -0.2) is 4.98 Å². The molecule has 0 radical (unpaired) electrons. The number of hydrogen-bond acceptors (Lipinski definition) is 6. The van der Waals surface area contributed by atoms with Crippen molar-refractivity contribution in [3.8, 4) is 21.8 Å². The molecular weight excluding hydrogens is 420 g/mol. The summed E-state index contributed by atoms with van der Waals surface area (Å²) in [5.41, 5.74) is 6.91. The number of ketones is 1. The molecule has 0 aliphatic carbocycles. The minimum Gasteiger partial charge on any atom is -0.352 e. The SMILES string of the molecule is CC(=O)c1ccc(-c2cncc3[nH]c(-c4[nH]nc5ncc(C6=CCNCC6)cc45)cc23)s1. The van der Waals surface area contributed by atoms with Crippen LogP contribution in [-0.2, 0) is 0 Å². The summed E-state index contributed by atoms with van der Waals surface area (Å²) in [4.78, 5) is 26.0. The van der Waals surface area contributed by atoms with Crippen molar-refractivity contribution in [1.29, 1.82) is 0 Å². The van der Waals surface area contributed by atoms with Crippen molar-refractivity contribution in [1.82, 2.24) is 30.5 Å². The zero-order chi connectivity index (χ0) is 21.7. The van der Waals surface area contributed by atoms with Gasteiger partial charge in [-0.15, -0.1) is 11.3 Å². The van der Waals surface area contributed by atoms with Gasteiger partial charge in [0, 0.05) is 40.2 Å². The van der Waals surface area contributed by atoms with E-state index in [1.165, 1.54) is 16.9 Å². The first-order valence-corrected chi connectivity index (χ1v) is 11.3. The number of rotatable bonds is 4. The number of hydrogen-bond donors (Lipinski definition) is 3. The van der Waals surface area contributed by atoms with Gasteiger partial charge in [0.2, 0.25) is 0 Å². The highest BCUT2D eigenvalue weighted by molar-refractivity contribution is 7.17. The summed E-state index contributed by atoms with van der Waals surface area (Å²) in [6, 6.07) is 8.14. The number of carbonyl (C=O) groups excluding carboxylic acids is 1. The normalized spacial score (nSPS) is 14.2. The van der Waals surface area contributed by atoms with E-state index >= 15 is 0 Å². The molecule has 0 amide bonds. The van der Waals surface area contributed by atoms with Crippen molar-refractivity contribution < 1.29 is 4.79 Å². The Kier molecular flexibility index (Phi) is 4.48. The Labute approximate surface area is 187 Å². The van der Waals surface area contributed by atoms with Crippen molar-refractivity contribution >= 4 is 44.6 Å². The summed E-state index contributed by atoms with van der Waals surface area (Å²) in [7, 11) is 0. The second-order valence-corrected chi connectivity index (χ2v) is 9.01. The van der Waals surface area contributed by atoms with E-state index in [-0.39, 0.29) is 5.78 Å². The van der Waals surface area contributed by atoms with Gasteiger partial charge in [-0.2, -0.15) is 5.10 Å². The van der Waals surface area contributed by atoms with Crippen LogP contribution in [0.25, 0.3) is 49.3 Å². The lowest BCUT2D eigenvalue weighted by atomic mass is 10.0. The molecule has 0 saturated carbocycles. The van der Waals surface area contributed by atoms with E-state index in [2.05, 4.69) is 48.7 Å². The van der Waals surface area contributed by atoms with Crippen LogP contribution in [-0.4, -0.2) is 44.0 Å². The minimum absolute atomic E-state index is 0.0761. The third-order valence-corrected chi connectivity index (χ3v) is 7.10. The van der Waals surface area contributed by atoms with Gasteiger partial charge in [0.1, 0.15) is 0 Å². The summed E-state index contributed by atoms with van der Waals surface area (Å²) in [6.07, 6.45) is 8.79. The van der Waals surface area contributed by atoms with Crippen LogP contribution in [0.2, 0.25) is 0 Å². The third-order valence-electron chi connectivity index (χ3n) is 5.88. The first kappa shape index (κ1) is 19.1. The van der Waals surface area contributed by atoms with Gasteiger partial charge in [-0.05, 0) is 55.3 Å². The quantitative estimate of drug-likeness (QED) is 0.348. The van der Waals surface area contributed by atoms with E-state index in [1.54, 1.807) is 6.92 Å². The molecule has 0 aromatic carbocycles. The topological polar surface area (TPSA) is 99.4 Å². The molecular formula is C24H20N6OS. The third kappa shape index (κ3) is 3.16. The molecule has 3 N–H and O–H groups in total. The van der Waals surface area contributed by atoms with Gasteiger partial charge in [-0.1, -0.05) is 6.08 Å². The molecule has 6 heterocycles. The number of fused-ring (bicyclic) bond motifs is 2. The monoisotopic (exact) mass is 440 g/mol. The van der Waals surface area contributed by atoms with Gasteiger partial charge in [0.15, 0.2) is 11.4 Å². The van der Waals surface area contributed by atoms with Gasteiger partial charge >= 0.3 is 0 Å². The lowest BCUT2D eigenvalue weighted by molar-refractivity contribution is 0.102. The van der Waals surface area contributed by atoms with Crippen LogP contribution < -0.4 is 5.32 Å². The van der Waals surface area contributed by atoms with E-state index in [4.69, 9.17) is 0 Å². The molecule has 0 bridgehead atoms. The van der Waals surface area contributed by atoms with Crippen LogP contribution in [0.3, 0.4) is 0 Å². The molecule has 1 aliphatic heterocycles. The number of thiophene rings is 1. The van der Waals surface area contributed by atoms with Crippen LogP contribution in [0, 0.1) is 0 Å². The van der Waals surface area contributed by atoms with Crippen molar-refractivity contribution in [2.75, 3.05) is 13.1 Å². The highest BCUT2D eigenvalue weighted by Crippen LogP contribution is 2.36. The van der Waals surface area contributed by atoms with Crippen molar-refractivity contribution in [2.24, 2.45) is 0 Å². The number of pyridine rings is 2. The Morgan fingerprint density at radius 2 is 2.06 bits per heavy atom. The summed E-state index contributed by atoms with van der Waals surface area (Å²) in [5.74, 6) is 0.0761. The van der Waals surface area contributed by atoms with Crippen LogP contribution in [0.5, 0.6) is 0 Å². The molecule has 7 nitrogen and oxygen atoms in total. The Morgan fingerprint density at radius 1 is 1.12 bits per heavy atom. The first-order chi connectivity index (χ1) is 15.7. The largest absolute Gasteiger partial charge is 0.352 e. The predicted octanol–water partition coefficient (Wildman–Crippen LogP) is 4.81. The molecule has 0 spiro atoms. The maximum Gasteiger partial charge on any atom is 0.181 e. The molecule has 5 aromatic heterocycles. The van der Waals surface area contributed by atoms with E-state index in [9.17, 15) is 4.79 Å². The van der Waals surface area contributed by atoms with Crippen LogP contribution in [0.15, 0.2) is 48.9 Å². The number of H-pyrrole nitrogens is 2. The van der Waals surface area contributed by atoms with E-state index in [0.29, 0.717) is 5.65 Å². The molecule has 0 fully saturated rings. The second-order valence-electron chi connectivity index (χ2n) is 7.93. The van der Waals surface area contributed by atoms with Crippen LogP contribution in [0.4, 0.5) is 0 Å². The average Bonchev–Trinajstić information content (AvgIpc) is 3.56. The van der Waals surface area contributed by atoms with Crippen molar-refractivity contribution in [2.45, 2.75) is 13.3 Å². The van der Waals surface area contributed by atoms with Gasteiger partial charge in [-0.3, -0.25) is 14.9 Å². The number of nitrogens with one attached hydrogen (secondary N) is 3. The molecule has 8 heteroatoms. The summed E-state index contributed by atoms with van der Waals surface area (Å²) < 4.78 is 0. The molecule has 0 atom stereocenters. The summed E-state index contributed by atoms with van der Waals surface area (Å²) >= 11 is 1.49. The van der Waals surface area contributed by atoms with Crippen LogP contribution in [0.1, 0.15) is 28.6 Å². The lowest BCUT2D eigenvalue weighted by Gasteiger charge is -2.13. The molecule has 5 aromatic rings. The first-order valence-electron chi connectivity index (χ1n) is 10.5. The average molecular weight is 441 g/mol. The molecule has 158 valence electrons. The molecule has 0 saturated heterocycles. The molecule has 6 rings (SSSR count). The van der Waals surface area contributed by atoms with Gasteiger partial charge < -0.3 is 10.3 Å². The maximum absolute atomic E-state index is 11.7. The van der Waals surface area contributed by atoms with E-state index < -0.39 is 0 Å². The molecule has 1 aliphatic rings. The zero-order valence-electron chi connectivity index (χ0n) is 17.4. The number of aromatic amines is 2. The maximum atomic E-state index is 11.7. The highest BCUT2D eigenvalue weighted by Gasteiger charge is 2.16. The number of Topliss-reactive ketones (excluding diaryl/α,β-unsaturated/α-hetero) is 1. The second kappa shape index (κ2) is 7.51. The standard InChI is InChI=1S/C24H20N6OS/c1-13(31)21-2-3-22(32-21)18-11-26-12-20-16(18)9-19(28-20)23-17-8-15(10-27-24(17)30-29-23)14-4-6-25-7-5-14/h2-4,8-12,25,28H,5-7H2,1H3,(H,27,29,30). The lowest BCUT2D eigenvalue weighted by Crippen LogP contribution is -2.20. The van der Waals surface area contributed by atoms with Crippen LogP contribution >= 0.6 is 11.3 Å². The Hall–Kier alpha value is -3.62. The molecule has 32 heavy (non-hydrogen) atoms. The Bertz CT molecular complexity index is 1520. The van der Waals surface area contributed by atoms with Crippen molar-refractivity contribution in [3.05, 3.63) is 59.4 Å². The summed E-state index contributed by atoms with van der Waals surface area (Å²) in [5, 5.41) is 13.0. The number of aromatic nitrogens is 5. The van der Waals surface area contributed by atoms with E-state index in [1.807, 2.05) is 30.7 Å². The smallest absolute Gasteiger partial charge is 0.181 e. The fourth-order valence-electron chi connectivity index (χ4n) is 4.22.